The highest BCUT2D eigenvalue weighted by Crippen LogP contribution is 2.26. The van der Waals surface area contributed by atoms with Gasteiger partial charge in [0.1, 0.15) is 17.9 Å². The predicted octanol–water partition coefficient (Wildman–Crippen LogP) is 1.96. The molecule has 2 heterocycles. The van der Waals surface area contributed by atoms with Gasteiger partial charge in [0.2, 0.25) is 5.91 Å². The highest BCUT2D eigenvalue weighted by Gasteiger charge is 2.17. The molecule has 1 atom stereocenters. The fourth-order valence-corrected chi connectivity index (χ4v) is 2.66. The van der Waals surface area contributed by atoms with Crippen LogP contribution in [0.5, 0.6) is 0 Å². The minimum Gasteiger partial charge on any atom is -0.373 e. The molecule has 120 valence electrons. The number of aromatic nitrogens is 3. The predicted molar refractivity (Wildman–Crippen MR) is 88.0 cm³/mol. The van der Waals surface area contributed by atoms with Crippen molar-refractivity contribution in [3.63, 3.8) is 0 Å². The molecule has 24 heavy (non-hydrogen) atoms. The van der Waals surface area contributed by atoms with Crippen LogP contribution in [0.1, 0.15) is 19.4 Å². The second kappa shape index (κ2) is 6.10. The van der Waals surface area contributed by atoms with Crippen LogP contribution in [-0.2, 0) is 4.79 Å². The van der Waals surface area contributed by atoms with E-state index >= 15 is 0 Å². The quantitative estimate of drug-likeness (QED) is 0.744. The topological polar surface area (TPSA) is 94.5 Å². The molecule has 0 spiro atoms. The summed E-state index contributed by atoms with van der Waals surface area (Å²) >= 11 is 0. The first-order valence-electron chi connectivity index (χ1n) is 7.34. The Labute approximate surface area is 138 Å². The number of anilines is 1. The number of fused-ring (bicyclic) bond motifs is 1. The van der Waals surface area contributed by atoms with Gasteiger partial charge in [-0.3, -0.25) is 9.69 Å². The molecule has 3 aromatic rings. The number of carbonyl (C=O) groups is 1. The van der Waals surface area contributed by atoms with Crippen LogP contribution in [-0.4, -0.2) is 31.8 Å². The number of nitriles is 1. The molecule has 0 aliphatic heterocycles. The molecule has 0 aliphatic rings. The van der Waals surface area contributed by atoms with Gasteiger partial charge in [0.25, 0.3) is 0 Å². The molecule has 1 aromatic carbocycles. The molecule has 1 N–H and O–H groups in total. The van der Waals surface area contributed by atoms with Crippen LogP contribution < -0.4 is 4.90 Å². The molecule has 7 nitrogen and oxygen atoms in total. The average molecular weight is 321 g/mol. The molecule has 3 rings (SSSR count). The minimum atomic E-state index is -0.940. The maximum atomic E-state index is 11.8. The number of benzene rings is 1. The van der Waals surface area contributed by atoms with Crippen LogP contribution in [0.4, 0.5) is 5.69 Å². The van der Waals surface area contributed by atoms with Gasteiger partial charge in [0.15, 0.2) is 5.65 Å². The summed E-state index contributed by atoms with van der Waals surface area (Å²) in [5, 5.41) is 23.2. The zero-order chi connectivity index (χ0) is 17.3. The van der Waals surface area contributed by atoms with E-state index in [0.29, 0.717) is 16.9 Å². The number of hydrogen-bond donors (Lipinski definition) is 1. The third-order valence-electron chi connectivity index (χ3n) is 3.65. The van der Waals surface area contributed by atoms with E-state index in [9.17, 15) is 9.90 Å². The van der Waals surface area contributed by atoms with E-state index in [1.807, 2.05) is 6.07 Å². The third-order valence-corrected chi connectivity index (χ3v) is 3.65. The third kappa shape index (κ3) is 2.59. The molecule has 7 heteroatoms. The summed E-state index contributed by atoms with van der Waals surface area (Å²) in [7, 11) is 0. The highest BCUT2D eigenvalue weighted by molar-refractivity contribution is 5.92. The summed E-state index contributed by atoms with van der Waals surface area (Å²) in [4.78, 5) is 17.3. The lowest BCUT2D eigenvalue weighted by Crippen LogP contribution is -2.36. The number of hydrogen-bond acceptors (Lipinski definition) is 5. The van der Waals surface area contributed by atoms with E-state index in [1.165, 1.54) is 24.9 Å². The lowest BCUT2D eigenvalue weighted by Gasteiger charge is -2.24. The molecular formula is C17H15N5O2. The Bertz CT molecular complexity index is 955. The first-order chi connectivity index (χ1) is 11.5. The molecule has 0 bridgehead atoms. The van der Waals surface area contributed by atoms with Crippen LogP contribution in [0.3, 0.4) is 0 Å². The van der Waals surface area contributed by atoms with E-state index < -0.39 is 6.23 Å². The molecule has 1 unspecified atom stereocenters. The first kappa shape index (κ1) is 15.6. The number of nitrogens with zero attached hydrogens (tertiary/aromatic N) is 5. The smallest absolute Gasteiger partial charge is 0.225 e. The Balaban J connectivity index is 2.15. The van der Waals surface area contributed by atoms with Crippen molar-refractivity contribution in [3.8, 4) is 17.3 Å². The van der Waals surface area contributed by atoms with Gasteiger partial charge in [-0.15, -0.1) is 0 Å². The summed E-state index contributed by atoms with van der Waals surface area (Å²) in [5.41, 5.74) is 2.96. The van der Waals surface area contributed by atoms with Crippen molar-refractivity contribution in [2.45, 2.75) is 20.1 Å². The van der Waals surface area contributed by atoms with Crippen molar-refractivity contribution in [2.24, 2.45) is 0 Å². The van der Waals surface area contributed by atoms with E-state index in [0.717, 1.165) is 11.3 Å². The van der Waals surface area contributed by atoms with Gasteiger partial charge in [0.05, 0.1) is 11.9 Å². The van der Waals surface area contributed by atoms with Crippen molar-refractivity contribution in [1.29, 1.82) is 5.26 Å². The van der Waals surface area contributed by atoms with Crippen molar-refractivity contribution in [3.05, 3.63) is 48.3 Å². The van der Waals surface area contributed by atoms with Crippen LogP contribution in [0.2, 0.25) is 0 Å². The van der Waals surface area contributed by atoms with Gasteiger partial charge >= 0.3 is 0 Å². The standard InChI is InChI=1S/C17H15N5O2/c1-11(23)21(12(2)24)15-5-3-4-13(8-15)16-6-7-19-17-14(9-18)10-20-22(16)17/h3-8,10-11,23H,1-2H3. The summed E-state index contributed by atoms with van der Waals surface area (Å²) in [5.74, 6) is -0.257. The Kier molecular flexibility index (Phi) is 3.98. The number of aliphatic hydroxyl groups is 1. The van der Waals surface area contributed by atoms with Crippen LogP contribution in [0.15, 0.2) is 42.7 Å². The Hall–Kier alpha value is -3.24. The Morgan fingerprint density at radius 2 is 2.21 bits per heavy atom. The summed E-state index contributed by atoms with van der Waals surface area (Å²) in [6.45, 7) is 2.93. The summed E-state index contributed by atoms with van der Waals surface area (Å²) < 4.78 is 1.58. The van der Waals surface area contributed by atoms with Crippen molar-refractivity contribution in [2.75, 3.05) is 4.90 Å². The minimum absolute atomic E-state index is 0.257. The molecule has 0 fully saturated rings. The Morgan fingerprint density at radius 3 is 2.88 bits per heavy atom. The summed E-state index contributed by atoms with van der Waals surface area (Å²) in [6, 6.07) is 11.0. The van der Waals surface area contributed by atoms with Crippen LogP contribution in [0, 0.1) is 11.3 Å². The van der Waals surface area contributed by atoms with E-state index in [2.05, 4.69) is 16.2 Å². The average Bonchev–Trinajstić information content (AvgIpc) is 2.97. The van der Waals surface area contributed by atoms with Gasteiger partial charge in [-0.2, -0.15) is 10.4 Å². The van der Waals surface area contributed by atoms with E-state index in [1.54, 1.807) is 35.0 Å². The zero-order valence-corrected chi connectivity index (χ0v) is 13.2. The van der Waals surface area contributed by atoms with Crippen molar-refractivity contribution < 1.29 is 9.90 Å². The maximum Gasteiger partial charge on any atom is 0.225 e. The van der Waals surface area contributed by atoms with Gasteiger partial charge in [0, 0.05) is 24.4 Å². The number of aliphatic hydroxyl groups excluding tert-OH is 1. The van der Waals surface area contributed by atoms with Crippen LogP contribution >= 0.6 is 0 Å². The normalized spacial score (nSPS) is 11.9. The van der Waals surface area contributed by atoms with Gasteiger partial charge in [-0.05, 0) is 25.1 Å². The molecule has 2 aromatic heterocycles. The number of rotatable bonds is 3. The molecular weight excluding hydrogens is 306 g/mol. The Morgan fingerprint density at radius 1 is 1.42 bits per heavy atom. The monoisotopic (exact) mass is 321 g/mol. The molecule has 0 radical (unpaired) electrons. The summed E-state index contributed by atoms with van der Waals surface area (Å²) in [6.07, 6.45) is 2.13. The largest absolute Gasteiger partial charge is 0.373 e. The second-order valence-electron chi connectivity index (χ2n) is 5.31. The number of carbonyl (C=O) groups excluding carboxylic acids is 1. The van der Waals surface area contributed by atoms with Crippen molar-refractivity contribution >= 4 is 17.2 Å². The lowest BCUT2D eigenvalue weighted by atomic mass is 10.1. The SMILES string of the molecule is CC(=O)N(c1cccc(-c2ccnc3c(C#N)cnn23)c1)C(C)O. The molecule has 0 saturated heterocycles. The highest BCUT2D eigenvalue weighted by atomic mass is 16.3. The lowest BCUT2D eigenvalue weighted by molar-refractivity contribution is -0.118. The van der Waals surface area contributed by atoms with Gasteiger partial charge in [-0.1, -0.05) is 12.1 Å². The fraction of sp³-hybridized carbons (Fsp3) is 0.176. The van der Waals surface area contributed by atoms with Gasteiger partial charge in [-0.25, -0.2) is 9.50 Å². The molecule has 0 saturated carbocycles. The van der Waals surface area contributed by atoms with Crippen LogP contribution in [0.25, 0.3) is 16.9 Å². The fourth-order valence-electron chi connectivity index (χ4n) is 2.66. The van der Waals surface area contributed by atoms with Crippen molar-refractivity contribution in [1.82, 2.24) is 14.6 Å². The van der Waals surface area contributed by atoms with E-state index in [4.69, 9.17) is 5.26 Å². The molecule has 0 aliphatic carbocycles. The first-order valence-corrected chi connectivity index (χ1v) is 7.34. The van der Waals surface area contributed by atoms with Gasteiger partial charge < -0.3 is 5.11 Å². The zero-order valence-electron chi connectivity index (χ0n) is 13.2. The second-order valence-corrected chi connectivity index (χ2v) is 5.31. The molecule has 1 amide bonds. The van der Waals surface area contributed by atoms with E-state index in [-0.39, 0.29) is 5.91 Å². The maximum absolute atomic E-state index is 11.8. The number of amides is 1.